The van der Waals surface area contributed by atoms with Crippen LogP contribution in [0.25, 0.3) is 0 Å². The van der Waals surface area contributed by atoms with Gasteiger partial charge in [0.05, 0.1) is 0 Å². The van der Waals surface area contributed by atoms with Crippen LogP contribution in [0.4, 0.5) is 0 Å². The van der Waals surface area contributed by atoms with Gasteiger partial charge in [-0.3, -0.25) is 0 Å². The van der Waals surface area contributed by atoms with Gasteiger partial charge in [0.2, 0.25) is 0 Å². The smallest absolute Gasteiger partial charge is 0.339 e. The number of ether oxygens (including phenoxy) is 1. The van der Waals surface area contributed by atoms with Crippen molar-refractivity contribution in [2.24, 2.45) is 0 Å². The summed E-state index contributed by atoms with van der Waals surface area (Å²) in [6, 6.07) is 5.00. The number of nitrogens with zero attached hydrogens (tertiary/aromatic N) is 1. The van der Waals surface area contributed by atoms with Crippen molar-refractivity contribution >= 4 is 23.4 Å². The van der Waals surface area contributed by atoms with Crippen LogP contribution >= 0.6 is 12.2 Å². The topological polar surface area (TPSA) is 49.8 Å². The minimum absolute atomic E-state index is 0.1000. The Morgan fingerprint density at radius 1 is 1.47 bits per heavy atom. The maximum Gasteiger partial charge on any atom is 0.339 e. The molecule has 0 spiro atoms. The van der Waals surface area contributed by atoms with Gasteiger partial charge in [-0.25, -0.2) is 4.79 Å². The Bertz CT molecular complexity index is 523. The Labute approximate surface area is 118 Å². The number of allylic oxidation sites excluding steroid dienone is 1. The second kappa shape index (κ2) is 6.33. The number of thiocarbonyl (C=S) groups is 1. The van der Waals surface area contributed by atoms with E-state index in [4.69, 9.17) is 17.0 Å². The summed E-state index contributed by atoms with van der Waals surface area (Å²) in [6.07, 6.45) is 0.548. The molecule has 0 heterocycles. The molecule has 0 aromatic heterocycles. The van der Waals surface area contributed by atoms with Gasteiger partial charge in [0.1, 0.15) is 11.3 Å². The zero-order chi connectivity index (χ0) is 14.6. The lowest BCUT2D eigenvalue weighted by atomic mass is 10.0. The standard InChI is InChI=1S/C14H17NO3S/c1-9(2)8-10-6-5-7-11(13(16)17)12(10)18-14(19)15(3)4/h5-7H,1,8H2,2-4H3,(H,16,17). The molecule has 0 saturated carbocycles. The lowest BCUT2D eigenvalue weighted by Crippen LogP contribution is -2.26. The Morgan fingerprint density at radius 3 is 2.58 bits per heavy atom. The quantitative estimate of drug-likeness (QED) is 0.678. The maximum absolute atomic E-state index is 11.3. The van der Waals surface area contributed by atoms with Crippen LogP contribution in [-0.4, -0.2) is 35.2 Å². The molecule has 1 rings (SSSR count). The van der Waals surface area contributed by atoms with Gasteiger partial charge in [-0.05, 0) is 37.2 Å². The number of rotatable bonds is 4. The van der Waals surface area contributed by atoms with Crippen molar-refractivity contribution < 1.29 is 14.6 Å². The molecular formula is C14H17NO3S. The van der Waals surface area contributed by atoms with Crippen molar-refractivity contribution in [3.63, 3.8) is 0 Å². The van der Waals surface area contributed by atoms with Crippen LogP contribution in [0, 0.1) is 0 Å². The van der Waals surface area contributed by atoms with E-state index in [2.05, 4.69) is 6.58 Å². The molecule has 0 amide bonds. The first kappa shape index (κ1) is 15.2. The Balaban J connectivity index is 3.24. The maximum atomic E-state index is 11.3. The number of para-hydroxylation sites is 1. The van der Waals surface area contributed by atoms with E-state index in [0.717, 1.165) is 11.1 Å². The van der Waals surface area contributed by atoms with Crippen LogP contribution in [0.3, 0.4) is 0 Å². The predicted octanol–water partition coefficient (Wildman–Crippen LogP) is 2.73. The zero-order valence-corrected chi connectivity index (χ0v) is 12.1. The summed E-state index contributed by atoms with van der Waals surface area (Å²) in [4.78, 5) is 12.9. The molecule has 0 bridgehead atoms. The molecule has 0 aliphatic rings. The molecule has 0 saturated heterocycles. The lowest BCUT2D eigenvalue weighted by Gasteiger charge is -2.18. The number of carbonyl (C=O) groups is 1. The van der Waals surface area contributed by atoms with Crippen molar-refractivity contribution in [2.45, 2.75) is 13.3 Å². The van der Waals surface area contributed by atoms with Crippen molar-refractivity contribution in [2.75, 3.05) is 14.1 Å². The van der Waals surface area contributed by atoms with Crippen LogP contribution in [0.15, 0.2) is 30.4 Å². The van der Waals surface area contributed by atoms with E-state index in [1.54, 1.807) is 25.1 Å². The third-order valence-corrected chi connectivity index (χ3v) is 2.82. The SMILES string of the molecule is C=C(C)Cc1cccc(C(=O)O)c1OC(=S)N(C)C. The highest BCUT2D eigenvalue weighted by atomic mass is 32.1. The molecule has 0 atom stereocenters. The second-order valence-corrected chi connectivity index (χ2v) is 4.84. The Kier molecular flexibility index (Phi) is 5.06. The van der Waals surface area contributed by atoms with E-state index < -0.39 is 5.97 Å². The molecule has 0 aliphatic carbocycles. The molecule has 19 heavy (non-hydrogen) atoms. The third-order valence-electron chi connectivity index (χ3n) is 2.37. The monoisotopic (exact) mass is 279 g/mol. The predicted molar refractivity (Wildman–Crippen MR) is 78.8 cm³/mol. The highest BCUT2D eigenvalue weighted by Gasteiger charge is 2.17. The van der Waals surface area contributed by atoms with Gasteiger partial charge in [-0.15, -0.1) is 0 Å². The molecule has 5 heteroatoms. The van der Waals surface area contributed by atoms with Crippen LogP contribution < -0.4 is 4.74 Å². The minimum Gasteiger partial charge on any atom is -0.478 e. The van der Waals surface area contributed by atoms with E-state index in [-0.39, 0.29) is 16.5 Å². The van der Waals surface area contributed by atoms with Crippen molar-refractivity contribution in [3.8, 4) is 5.75 Å². The van der Waals surface area contributed by atoms with E-state index in [9.17, 15) is 9.90 Å². The van der Waals surface area contributed by atoms with Gasteiger partial charge in [0, 0.05) is 14.1 Å². The van der Waals surface area contributed by atoms with E-state index in [0.29, 0.717) is 6.42 Å². The first-order valence-corrected chi connectivity index (χ1v) is 6.12. The van der Waals surface area contributed by atoms with Crippen LogP contribution in [0.1, 0.15) is 22.8 Å². The average Bonchev–Trinajstić information content (AvgIpc) is 2.29. The number of hydrogen-bond acceptors (Lipinski definition) is 3. The summed E-state index contributed by atoms with van der Waals surface area (Å²) in [5, 5.41) is 9.44. The average molecular weight is 279 g/mol. The van der Waals surface area contributed by atoms with Gasteiger partial charge in [0.25, 0.3) is 5.17 Å². The fourth-order valence-corrected chi connectivity index (χ4v) is 1.60. The minimum atomic E-state index is -1.04. The fourth-order valence-electron chi connectivity index (χ4n) is 1.52. The number of hydrogen-bond donors (Lipinski definition) is 1. The molecule has 4 nitrogen and oxygen atoms in total. The third kappa shape index (κ3) is 4.06. The number of carboxylic acid groups (broad SMARTS) is 1. The van der Waals surface area contributed by atoms with E-state index >= 15 is 0 Å². The molecule has 1 aromatic rings. The summed E-state index contributed by atoms with van der Waals surface area (Å²) >= 11 is 5.07. The molecule has 0 radical (unpaired) electrons. The van der Waals surface area contributed by atoms with Crippen molar-refractivity contribution in [1.82, 2.24) is 4.90 Å². The van der Waals surface area contributed by atoms with Gasteiger partial charge in [-0.2, -0.15) is 0 Å². The molecular weight excluding hydrogens is 262 g/mol. The number of aromatic carboxylic acids is 1. The van der Waals surface area contributed by atoms with E-state index in [1.807, 2.05) is 13.0 Å². The normalized spacial score (nSPS) is 9.84. The zero-order valence-electron chi connectivity index (χ0n) is 11.3. The molecule has 102 valence electrons. The number of benzene rings is 1. The van der Waals surface area contributed by atoms with Crippen LogP contribution in [0.5, 0.6) is 5.75 Å². The van der Waals surface area contributed by atoms with Crippen LogP contribution in [-0.2, 0) is 6.42 Å². The highest BCUT2D eigenvalue weighted by Crippen LogP contribution is 2.27. The lowest BCUT2D eigenvalue weighted by molar-refractivity contribution is 0.0694. The molecule has 0 unspecified atom stereocenters. The largest absolute Gasteiger partial charge is 0.478 e. The summed E-state index contributed by atoms with van der Waals surface area (Å²) in [6.45, 7) is 5.71. The highest BCUT2D eigenvalue weighted by molar-refractivity contribution is 7.80. The molecule has 1 aromatic carbocycles. The second-order valence-electron chi connectivity index (χ2n) is 4.50. The first-order chi connectivity index (χ1) is 8.82. The fraction of sp³-hybridized carbons (Fsp3) is 0.286. The Hall–Kier alpha value is -1.88. The van der Waals surface area contributed by atoms with Gasteiger partial charge in [-0.1, -0.05) is 24.3 Å². The van der Waals surface area contributed by atoms with Crippen molar-refractivity contribution in [3.05, 3.63) is 41.5 Å². The van der Waals surface area contributed by atoms with Gasteiger partial charge >= 0.3 is 5.97 Å². The van der Waals surface area contributed by atoms with Gasteiger partial charge in [0.15, 0.2) is 0 Å². The van der Waals surface area contributed by atoms with Crippen molar-refractivity contribution in [1.29, 1.82) is 0 Å². The summed E-state index contributed by atoms with van der Waals surface area (Å²) in [5.41, 5.74) is 1.78. The summed E-state index contributed by atoms with van der Waals surface area (Å²) < 4.78 is 5.54. The summed E-state index contributed by atoms with van der Waals surface area (Å²) in [5.74, 6) is -0.753. The first-order valence-electron chi connectivity index (χ1n) is 5.71. The van der Waals surface area contributed by atoms with Gasteiger partial charge < -0.3 is 14.7 Å². The molecule has 0 aliphatic heterocycles. The number of carboxylic acids is 1. The molecule has 0 fully saturated rings. The molecule has 1 N–H and O–H groups in total. The summed E-state index contributed by atoms with van der Waals surface area (Å²) in [7, 11) is 3.48. The van der Waals surface area contributed by atoms with E-state index in [1.165, 1.54) is 6.07 Å². The Morgan fingerprint density at radius 2 is 2.11 bits per heavy atom. The van der Waals surface area contributed by atoms with Crippen LogP contribution in [0.2, 0.25) is 0 Å².